The van der Waals surface area contributed by atoms with Gasteiger partial charge in [0.25, 0.3) is 0 Å². The molecule has 1 heterocycles. The Morgan fingerprint density at radius 2 is 1.79 bits per heavy atom. The summed E-state index contributed by atoms with van der Waals surface area (Å²) in [4.78, 5) is 6.17. The van der Waals surface area contributed by atoms with Crippen LogP contribution >= 0.6 is 0 Å². The lowest BCUT2D eigenvalue weighted by atomic mass is 9.97. The second kappa shape index (κ2) is 8.74. The van der Waals surface area contributed by atoms with E-state index in [-0.39, 0.29) is 0 Å². The van der Waals surface area contributed by atoms with Gasteiger partial charge in [0.2, 0.25) is 0 Å². The minimum absolute atomic E-state index is 0.314. The molecule has 1 atom stereocenters. The van der Waals surface area contributed by atoms with Gasteiger partial charge in [-0.05, 0) is 55.2 Å². The number of nitrogens with zero attached hydrogens (tertiary/aromatic N) is 1. The van der Waals surface area contributed by atoms with Gasteiger partial charge in [-0.15, -0.1) is 5.06 Å². The molecule has 0 amide bonds. The minimum Gasteiger partial charge on any atom is -0.494 e. The highest BCUT2D eigenvalue weighted by Crippen LogP contribution is 2.32. The first kappa shape index (κ1) is 16.8. The Morgan fingerprint density at radius 3 is 2.54 bits per heavy atom. The van der Waals surface area contributed by atoms with Crippen LogP contribution in [0.4, 0.5) is 0 Å². The molecule has 0 saturated carbocycles. The fourth-order valence-electron chi connectivity index (χ4n) is 3.04. The van der Waals surface area contributed by atoms with Crippen molar-refractivity contribution in [2.24, 2.45) is 0 Å². The summed E-state index contributed by atoms with van der Waals surface area (Å²) >= 11 is 0. The van der Waals surface area contributed by atoms with E-state index in [1.165, 1.54) is 18.4 Å². The number of hydrogen-bond acceptors (Lipinski definition) is 3. The summed E-state index contributed by atoms with van der Waals surface area (Å²) in [5.74, 6) is 1.77. The first-order valence-electron chi connectivity index (χ1n) is 9.00. The van der Waals surface area contributed by atoms with Crippen LogP contribution in [0.5, 0.6) is 11.5 Å². The Bertz CT molecular complexity index is 597. The molecule has 0 spiro atoms. The van der Waals surface area contributed by atoms with E-state index in [2.05, 4.69) is 30.2 Å². The first-order chi connectivity index (χ1) is 11.9. The molecular formula is C21H26NO2. The summed E-state index contributed by atoms with van der Waals surface area (Å²) in [6, 6.07) is 19.6. The van der Waals surface area contributed by atoms with Gasteiger partial charge in [-0.3, -0.25) is 0 Å². The maximum atomic E-state index is 6.17. The molecule has 0 aliphatic carbocycles. The van der Waals surface area contributed by atoms with Gasteiger partial charge < -0.3 is 9.57 Å². The zero-order valence-corrected chi connectivity index (χ0v) is 14.4. The maximum absolute atomic E-state index is 6.17. The van der Waals surface area contributed by atoms with Crippen molar-refractivity contribution in [1.82, 2.24) is 5.06 Å². The third-order valence-electron chi connectivity index (χ3n) is 4.40. The van der Waals surface area contributed by atoms with Crippen LogP contribution < -0.4 is 9.57 Å². The number of piperidine rings is 1. The fourth-order valence-corrected chi connectivity index (χ4v) is 3.04. The lowest BCUT2D eigenvalue weighted by molar-refractivity contribution is -0.114. The van der Waals surface area contributed by atoms with E-state index in [0.29, 0.717) is 6.04 Å². The maximum Gasteiger partial charge on any atom is 0.147 e. The standard InChI is InChI=1S/C21H26NO2/c1-2-3-17-23-19-12-14-20(15-13-19)24-22-16-8-7-11-21(22)18-9-5-4-6-10-18/h5-6,9-10,12-15,21H,2-3,7-8,11,16-17H2,1H3. The molecular weight excluding hydrogens is 298 g/mol. The highest BCUT2D eigenvalue weighted by Gasteiger charge is 2.25. The number of hydrogen-bond donors (Lipinski definition) is 0. The molecule has 0 aromatic heterocycles. The average molecular weight is 324 g/mol. The SMILES string of the molecule is CCCCOc1ccc(ON2CCCCC2c2cc[c]cc2)cc1. The topological polar surface area (TPSA) is 21.7 Å². The van der Waals surface area contributed by atoms with E-state index in [0.717, 1.165) is 43.9 Å². The lowest BCUT2D eigenvalue weighted by Gasteiger charge is -2.34. The molecule has 0 N–H and O–H groups in total. The molecule has 1 aliphatic heterocycles. The minimum atomic E-state index is 0.314. The van der Waals surface area contributed by atoms with Crippen LogP contribution in [0.15, 0.2) is 48.5 Å². The van der Waals surface area contributed by atoms with E-state index in [1.807, 2.05) is 36.4 Å². The molecule has 3 nitrogen and oxygen atoms in total. The fraction of sp³-hybridized carbons (Fsp3) is 0.429. The summed E-state index contributed by atoms with van der Waals surface area (Å²) in [7, 11) is 0. The van der Waals surface area contributed by atoms with Crippen LogP contribution in [-0.2, 0) is 0 Å². The Labute approximate surface area is 145 Å². The van der Waals surface area contributed by atoms with Crippen molar-refractivity contribution in [3.05, 3.63) is 60.2 Å². The Balaban J connectivity index is 1.63. The number of ether oxygens (including phenoxy) is 1. The summed E-state index contributed by atoms with van der Waals surface area (Å²) < 4.78 is 5.71. The number of rotatable bonds is 7. The van der Waals surface area contributed by atoms with Crippen LogP contribution in [0.25, 0.3) is 0 Å². The monoisotopic (exact) mass is 324 g/mol. The molecule has 1 unspecified atom stereocenters. The molecule has 127 valence electrons. The lowest BCUT2D eigenvalue weighted by Crippen LogP contribution is -2.36. The van der Waals surface area contributed by atoms with E-state index in [9.17, 15) is 0 Å². The van der Waals surface area contributed by atoms with Gasteiger partial charge in [-0.1, -0.05) is 44.0 Å². The van der Waals surface area contributed by atoms with Gasteiger partial charge in [0, 0.05) is 6.54 Å². The van der Waals surface area contributed by atoms with E-state index >= 15 is 0 Å². The summed E-state index contributed by atoms with van der Waals surface area (Å²) in [5, 5.41) is 2.12. The number of unbranched alkanes of at least 4 members (excludes halogenated alkanes) is 1. The van der Waals surface area contributed by atoms with E-state index < -0.39 is 0 Å². The van der Waals surface area contributed by atoms with Gasteiger partial charge in [0.15, 0.2) is 0 Å². The largest absolute Gasteiger partial charge is 0.494 e. The average Bonchev–Trinajstić information content (AvgIpc) is 2.65. The Hall–Kier alpha value is -2.00. The first-order valence-corrected chi connectivity index (χ1v) is 9.00. The van der Waals surface area contributed by atoms with Gasteiger partial charge in [-0.2, -0.15) is 0 Å². The van der Waals surface area contributed by atoms with Gasteiger partial charge in [0.1, 0.15) is 11.5 Å². The Morgan fingerprint density at radius 1 is 1.04 bits per heavy atom. The van der Waals surface area contributed by atoms with E-state index in [4.69, 9.17) is 9.57 Å². The number of hydroxylamine groups is 2. The van der Waals surface area contributed by atoms with Gasteiger partial charge in [-0.25, -0.2) is 0 Å². The predicted molar refractivity (Wildman–Crippen MR) is 96.0 cm³/mol. The van der Waals surface area contributed by atoms with E-state index in [1.54, 1.807) is 0 Å². The smallest absolute Gasteiger partial charge is 0.147 e. The normalized spacial score (nSPS) is 18.3. The third-order valence-corrected chi connectivity index (χ3v) is 4.40. The van der Waals surface area contributed by atoms with Crippen molar-refractivity contribution in [2.45, 2.75) is 45.1 Å². The molecule has 1 saturated heterocycles. The van der Waals surface area contributed by atoms with Crippen LogP contribution in [-0.4, -0.2) is 18.2 Å². The quantitative estimate of drug-likeness (QED) is 0.654. The molecule has 2 aromatic rings. The molecule has 3 rings (SSSR count). The third kappa shape index (κ3) is 4.51. The summed E-state index contributed by atoms with van der Waals surface area (Å²) in [5.41, 5.74) is 1.30. The number of benzene rings is 2. The summed E-state index contributed by atoms with van der Waals surface area (Å²) in [6.45, 7) is 3.90. The highest BCUT2D eigenvalue weighted by atomic mass is 16.7. The molecule has 24 heavy (non-hydrogen) atoms. The molecule has 1 fully saturated rings. The van der Waals surface area contributed by atoms with Crippen molar-refractivity contribution in [3.8, 4) is 11.5 Å². The van der Waals surface area contributed by atoms with Crippen molar-refractivity contribution < 1.29 is 9.57 Å². The zero-order chi connectivity index (χ0) is 16.6. The van der Waals surface area contributed by atoms with Crippen LogP contribution in [0.2, 0.25) is 0 Å². The predicted octanol–water partition coefficient (Wildman–Crippen LogP) is 5.19. The second-order valence-electron chi connectivity index (χ2n) is 6.25. The van der Waals surface area contributed by atoms with Crippen molar-refractivity contribution in [3.63, 3.8) is 0 Å². The summed E-state index contributed by atoms with van der Waals surface area (Å²) in [6.07, 6.45) is 5.78. The molecule has 3 heteroatoms. The van der Waals surface area contributed by atoms with Crippen LogP contribution in [0.1, 0.15) is 50.6 Å². The highest BCUT2D eigenvalue weighted by molar-refractivity contribution is 5.31. The zero-order valence-electron chi connectivity index (χ0n) is 14.4. The van der Waals surface area contributed by atoms with Crippen molar-refractivity contribution in [1.29, 1.82) is 0 Å². The molecule has 1 radical (unpaired) electrons. The molecule has 2 aromatic carbocycles. The van der Waals surface area contributed by atoms with Crippen LogP contribution in [0, 0.1) is 6.07 Å². The molecule has 1 aliphatic rings. The Kier molecular flexibility index (Phi) is 6.13. The second-order valence-corrected chi connectivity index (χ2v) is 6.25. The van der Waals surface area contributed by atoms with Crippen molar-refractivity contribution in [2.75, 3.05) is 13.2 Å². The van der Waals surface area contributed by atoms with Gasteiger partial charge in [0.05, 0.1) is 12.6 Å². The van der Waals surface area contributed by atoms with Crippen molar-refractivity contribution >= 4 is 0 Å². The molecule has 0 bridgehead atoms. The van der Waals surface area contributed by atoms with Crippen LogP contribution in [0.3, 0.4) is 0 Å². The van der Waals surface area contributed by atoms with Gasteiger partial charge >= 0.3 is 0 Å².